The molecule has 62 heavy (non-hydrogen) atoms. The van der Waals surface area contributed by atoms with Crippen molar-refractivity contribution in [2.45, 2.75) is 171 Å². The average Bonchev–Trinajstić information content (AvgIpc) is 3.08. The molecule has 340 valence electrons. The minimum absolute atomic E-state index is 0. The maximum Gasteiger partial charge on any atom is 0.127 e. The van der Waals surface area contributed by atoms with Gasteiger partial charge in [0.1, 0.15) is 11.5 Å². The molecule has 0 amide bonds. The summed E-state index contributed by atoms with van der Waals surface area (Å²) in [6.45, 7) is 41.0. The smallest absolute Gasteiger partial charge is 0.127 e. The molecule has 0 heterocycles. The number of rotatable bonds is 9. The summed E-state index contributed by atoms with van der Waals surface area (Å²) in [4.78, 5) is 0. The third-order valence-corrected chi connectivity index (χ3v) is 9.75. The normalized spacial score (nSPS) is 12.3. The molecule has 0 saturated carbocycles. The van der Waals surface area contributed by atoms with Gasteiger partial charge < -0.3 is 4.74 Å². The maximum absolute atomic E-state index is 5.95. The first-order chi connectivity index (χ1) is 27.9. The van der Waals surface area contributed by atoms with Crippen LogP contribution in [-0.2, 0) is 38.5 Å². The van der Waals surface area contributed by atoms with Gasteiger partial charge in [0.25, 0.3) is 0 Å². The summed E-state index contributed by atoms with van der Waals surface area (Å²) in [5.41, 5.74) is 13.1. The Hall–Kier alpha value is -4.10. The van der Waals surface area contributed by atoms with E-state index in [1.165, 1.54) is 44.5 Å². The zero-order chi connectivity index (χ0) is 45.9. The molecule has 5 aromatic carbocycles. The standard InChI is InChI=1S/C22H30O.C22H30.C16H26.CH4/c1-21(2,3)15-17-7-11-19(12-8-17)23-20-13-9-18(10-14-20)16-22(4,5)6;1-21(2,3)15-17-7-11-19(12-8-17)20-13-9-18(10-14-20)16-22(4,5)6;1-15(2,3)11-13-7-9-14(10-8-13)12-16(4,5)6;/h7-14H,15-16H2,1-6H3;7-14H,15-16H2,1-6H3;7-10H,11-12H2,1-6H3;1H4. The van der Waals surface area contributed by atoms with Crippen molar-refractivity contribution in [2.24, 2.45) is 32.5 Å². The zero-order valence-corrected chi connectivity index (χ0v) is 42.2. The lowest BCUT2D eigenvalue weighted by atomic mass is 9.85. The highest BCUT2D eigenvalue weighted by molar-refractivity contribution is 5.64. The van der Waals surface area contributed by atoms with Gasteiger partial charge in [0.05, 0.1) is 0 Å². The Balaban J connectivity index is 0.000000323. The molecular weight excluding hydrogens is 749 g/mol. The van der Waals surface area contributed by atoms with Crippen LogP contribution in [0, 0.1) is 32.5 Å². The van der Waals surface area contributed by atoms with Crippen LogP contribution >= 0.6 is 0 Å². The topological polar surface area (TPSA) is 9.23 Å². The fourth-order valence-electron chi connectivity index (χ4n) is 7.57. The predicted molar refractivity (Wildman–Crippen MR) is 277 cm³/mol. The van der Waals surface area contributed by atoms with Gasteiger partial charge in [-0.2, -0.15) is 0 Å². The quantitative estimate of drug-likeness (QED) is 0.144. The second-order valence-electron chi connectivity index (χ2n) is 25.0. The van der Waals surface area contributed by atoms with Crippen LogP contribution in [0.1, 0.15) is 165 Å². The van der Waals surface area contributed by atoms with Gasteiger partial charge >= 0.3 is 0 Å². The number of ether oxygens (including phenoxy) is 1. The lowest BCUT2D eigenvalue weighted by molar-refractivity contribution is 0.407. The molecule has 0 radical (unpaired) electrons. The Labute approximate surface area is 383 Å². The maximum atomic E-state index is 5.95. The molecule has 0 fully saturated rings. The van der Waals surface area contributed by atoms with E-state index in [1.807, 2.05) is 0 Å². The van der Waals surface area contributed by atoms with E-state index in [0.29, 0.717) is 32.5 Å². The van der Waals surface area contributed by atoms with E-state index in [-0.39, 0.29) is 7.43 Å². The summed E-state index contributed by atoms with van der Waals surface area (Å²) in [6, 6.07) is 44.1. The number of benzene rings is 5. The van der Waals surface area contributed by atoms with E-state index in [2.05, 4.69) is 246 Å². The van der Waals surface area contributed by atoms with Crippen molar-refractivity contribution >= 4 is 0 Å². The molecule has 0 aliphatic rings. The molecule has 0 aliphatic carbocycles. The van der Waals surface area contributed by atoms with E-state index < -0.39 is 0 Å². The molecule has 0 unspecified atom stereocenters. The van der Waals surface area contributed by atoms with Crippen LogP contribution in [-0.4, -0.2) is 0 Å². The summed E-state index contributed by atoms with van der Waals surface area (Å²) in [5, 5.41) is 0. The minimum Gasteiger partial charge on any atom is -0.457 e. The monoisotopic (exact) mass is 839 g/mol. The number of hydrogen-bond donors (Lipinski definition) is 0. The van der Waals surface area contributed by atoms with Crippen molar-refractivity contribution in [1.29, 1.82) is 0 Å². The average molecular weight is 839 g/mol. The largest absolute Gasteiger partial charge is 0.457 e. The van der Waals surface area contributed by atoms with Crippen LogP contribution in [0.25, 0.3) is 11.1 Å². The van der Waals surface area contributed by atoms with Gasteiger partial charge in [0.2, 0.25) is 0 Å². The Bertz CT molecular complexity index is 1830. The van der Waals surface area contributed by atoms with E-state index in [9.17, 15) is 0 Å². The highest BCUT2D eigenvalue weighted by atomic mass is 16.5. The molecule has 1 nitrogen and oxygen atoms in total. The first kappa shape index (κ1) is 54.0. The van der Waals surface area contributed by atoms with Gasteiger partial charge in [-0.1, -0.05) is 229 Å². The van der Waals surface area contributed by atoms with Gasteiger partial charge in [0, 0.05) is 0 Å². The third kappa shape index (κ3) is 23.9. The van der Waals surface area contributed by atoms with Crippen LogP contribution in [0.4, 0.5) is 0 Å². The molecule has 0 saturated heterocycles. The van der Waals surface area contributed by atoms with Crippen LogP contribution in [0.2, 0.25) is 0 Å². The third-order valence-electron chi connectivity index (χ3n) is 9.75. The molecule has 5 aromatic rings. The molecule has 1 heteroatoms. The lowest BCUT2D eigenvalue weighted by Crippen LogP contribution is -2.10. The molecule has 0 spiro atoms. The van der Waals surface area contributed by atoms with Gasteiger partial charge in [-0.3, -0.25) is 0 Å². The van der Waals surface area contributed by atoms with E-state index in [4.69, 9.17) is 4.74 Å². The first-order valence-corrected chi connectivity index (χ1v) is 23.0. The van der Waals surface area contributed by atoms with Crippen LogP contribution < -0.4 is 4.74 Å². The molecule has 0 atom stereocenters. The van der Waals surface area contributed by atoms with Crippen LogP contribution in [0.5, 0.6) is 11.5 Å². The lowest BCUT2D eigenvalue weighted by Gasteiger charge is -2.20. The van der Waals surface area contributed by atoms with E-state index >= 15 is 0 Å². The molecule has 0 aliphatic heterocycles. The van der Waals surface area contributed by atoms with Crippen LogP contribution in [0.15, 0.2) is 121 Å². The predicted octanol–water partition coefficient (Wildman–Crippen LogP) is 18.7. The molecule has 0 N–H and O–H groups in total. The van der Waals surface area contributed by atoms with Crippen molar-refractivity contribution in [1.82, 2.24) is 0 Å². The van der Waals surface area contributed by atoms with Crippen molar-refractivity contribution in [2.75, 3.05) is 0 Å². The summed E-state index contributed by atoms with van der Waals surface area (Å²) >= 11 is 0. The van der Waals surface area contributed by atoms with Crippen LogP contribution in [0.3, 0.4) is 0 Å². The van der Waals surface area contributed by atoms with Gasteiger partial charge in [-0.05, 0) is 140 Å². The Morgan fingerprint density at radius 1 is 0.242 bits per heavy atom. The fraction of sp³-hybridized carbons (Fsp3) is 0.508. The van der Waals surface area contributed by atoms with Gasteiger partial charge in [0.15, 0.2) is 0 Å². The van der Waals surface area contributed by atoms with E-state index in [1.54, 1.807) is 0 Å². The highest BCUT2D eigenvalue weighted by Crippen LogP contribution is 2.29. The summed E-state index contributed by atoms with van der Waals surface area (Å²) in [5.74, 6) is 1.79. The molecule has 0 aromatic heterocycles. The Morgan fingerprint density at radius 2 is 0.387 bits per heavy atom. The van der Waals surface area contributed by atoms with Crippen molar-refractivity contribution in [3.05, 3.63) is 155 Å². The first-order valence-electron chi connectivity index (χ1n) is 23.0. The Morgan fingerprint density at radius 3 is 0.548 bits per heavy atom. The highest BCUT2D eigenvalue weighted by Gasteiger charge is 2.16. The second-order valence-corrected chi connectivity index (χ2v) is 25.0. The SMILES string of the molecule is C.CC(C)(C)Cc1ccc(-c2ccc(CC(C)(C)C)cc2)cc1.CC(C)(C)Cc1ccc(CC(C)(C)C)cc1.CC(C)(C)Cc1ccc(Oc2ccc(CC(C)(C)C)cc2)cc1. The summed E-state index contributed by atoms with van der Waals surface area (Å²) in [7, 11) is 0. The minimum atomic E-state index is 0. The fourth-order valence-corrected chi connectivity index (χ4v) is 7.57. The Kier molecular flexibility index (Phi) is 19.6. The molecule has 0 bridgehead atoms. The summed E-state index contributed by atoms with van der Waals surface area (Å²) in [6.07, 6.45) is 6.71. The summed E-state index contributed by atoms with van der Waals surface area (Å²) < 4.78 is 5.95. The molecular formula is C61H90O. The van der Waals surface area contributed by atoms with Gasteiger partial charge in [-0.25, -0.2) is 0 Å². The van der Waals surface area contributed by atoms with Crippen molar-refractivity contribution in [3.8, 4) is 22.6 Å². The molecule has 5 rings (SSSR count). The van der Waals surface area contributed by atoms with E-state index in [0.717, 1.165) is 50.0 Å². The second kappa shape index (κ2) is 22.5. The number of hydrogen-bond acceptors (Lipinski definition) is 1. The van der Waals surface area contributed by atoms with Gasteiger partial charge in [-0.15, -0.1) is 0 Å². The van der Waals surface area contributed by atoms with Crippen molar-refractivity contribution in [3.63, 3.8) is 0 Å². The van der Waals surface area contributed by atoms with Crippen molar-refractivity contribution < 1.29 is 4.74 Å². The zero-order valence-electron chi connectivity index (χ0n) is 42.2.